The van der Waals surface area contributed by atoms with Gasteiger partial charge in [-0.15, -0.1) is 0 Å². The summed E-state index contributed by atoms with van der Waals surface area (Å²) >= 11 is 0. The molecule has 2 N–H and O–H groups in total. The first-order valence-electron chi connectivity index (χ1n) is 8.81. The minimum atomic E-state index is -0.129. The van der Waals surface area contributed by atoms with Crippen LogP contribution in [0.1, 0.15) is 30.1 Å². The quantitative estimate of drug-likeness (QED) is 0.694. The van der Waals surface area contributed by atoms with Gasteiger partial charge in [-0.3, -0.25) is 14.8 Å². The van der Waals surface area contributed by atoms with Crippen LogP contribution in [0.15, 0.2) is 40.9 Å². The summed E-state index contributed by atoms with van der Waals surface area (Å²) in [5.41, 5.74) is 1.92. The van der Waals surface area contributed by atoms with E-state index in [-0.39, 0.29) is 5.91 Å². The van der Waals surface area contributed by atoms with Gasteiger partial charge in [0.25, 0.3) is 5.91 Å². The molecule has 0 saturated heterocycles. The maximum absolute atomic E-state index is 12.5. The lowest BCUT2D eigenvalue weighted by Crippen LogP contribution is -2.36. The van der Waals surface area contributed by atoms with Gasteiger partial charge in [-0.25, -0.2) is 0 Å². The average Bonchev–Trinajstić information content (AvgIpc) is 3.19. The van der Waals surface area contributed by atoms with Gasteiger partial charge in [0.15, 0.2) is 5.76 Å². The molecule has 3 aromatic rings. The molecule has 0 bridgehead atoms. The smallest absolute Gasteiger partial charge is 0.255 e. The molecular formula is C19H22N4O2. The van der Waals surface area contributed by atoms with Gasteiger partial charge in [-0.05, 0) is 31.5 Å². The Hall–Kier alpha value is -2.60. The van der Waals surface area contributed by atoms with Gasteiger partial charge in [-0.1, -0.05) is 25.1 Å². The lowest BCUT2D eigenvalue weighted by Gasteiger charge is -2.19. The molecule has 0 atom stereocenters. The molecule has 1 fully saturated rings. The molecule has 2 heterocycles. The van der Waals surface area contributed by atoms with Crippen LogP contribution in [0.3, 0.4) is 0 Å². The Kier molecular flexibility index (Phi) is 4.28. The lowest BCUT2D eigenvalue weighted by molar-refractivity contribution is 0.0948. The highest BCUT2D eigenvalue weighted by Crippen LogP contribution is 2.28. The van der Waals surface area contributed by atoms with Gasteiger partial charge in [0, 0.05) is 24.5 Å². The highest BCUT2D eigenvalue weighted by Gasteiger charge is 2.27. The van der Waals surface area contributed by atoms with Crippen LogP contribution in [0.4, 0.5) is 0 Å². The second-order valence-electron chi connectivity index (χ2n) is 6.42. The number of furan rings is 1. The Bertz CT molecular complexity index is 845. The van der Waals surface area contributed by atoms with Crippen LogP contribution in [0.25, 0.3) is 22.4 Å². The van der Waals surface area contributed by atoms with Gasteiger partial charge < -0.3 is 9.73 Å². The third-order valence-electron chi connectivity index (χ3n) is 4.71. The van der Waals surface area contributed by atoms with Crippen LogP contribution < -0.4 is 5.32 Å². The summed E-state index contributed by atoms with van der Waals surface area (Å²) in [6.45, 7) is 4.70. The van der Waals surface area contributed by atoms with Crippen molar-refractivity contribution in [2.24, 2.45) is 0 Å². The molecular weight excluding hydrogens is 316 g/mol. The highest BCUT2D eigenvalue weighted by molar-refractivity contribution is 6.00. The predicted molar refractivity (Wildman–Crippen MR) is 96.4 cm³/mol. The van der Waals surface area contributed by atoms with E-state index in [1.165, 1.54) is 12.8 Å². The number of carbonyl (C=O) groups excluding carboxylic acids is 1. The number of nitrogens with zero attached hydrogens (tertiary/aromatic N) is 2. The zero-order valence-electron chi connectivity index (χ0n) is 14.3. The van der Waals surface area contributed by atoms with Crippen LogP contribution in [0.5, 0.6) is 0 Å². The first-order valence-corrected chi connectivity index (χ1v) is 8.81. The number of benzene rings is 1. The maximum Gasteiger partial charge on any atom is 0.255 e. The molecule has 2 aromatic heterocycles. The van der Waals surface area contributed by atoms with E-state index in [0.29, 0.717) is 29.6 Å². The van der Waals surface area contributed by atoms with E-state index in [1.54, 1.807) is 6.20 Å². The Balaban J connectivity index is 1.46. The van der Waals surface area contributed by atoms with E-state index in [4.69, 9.17) is 4.42 Å². The lowest BCUT2D eigenvalue weighted by atomic mass is 10.2. The Morgan fingerprint density at radius 2 is 2.24 bits per heavy atom. The van der Waals surface area contributed by atoms with Crippen molar-refractivity contribution in [1.82, 2.24) is 20.4 Å². The molecule has 1 aliphatic rings. The molecule has 0 spiro atoms. The van der Waals surface area contributed by atoms with Crippen molar-refractivity contribution in [2.45, 2.75) is 25.8 Å². The first-order chi connectivity index (χ1) is 12.3. The number of fused-ring (bicyclic) bond motifs is 1. The van der Waals surface area contributed by atoms with Gasteiger partial charge in [0.05, 0.1) is 11.8 Å². The van der Waals surface area contributed by atoms with Crippen LogP contribution >= 0.6 is 0 Å². The number of nitrogens with one attached hydrogen (secondary N) is 2. The molecule has 25 heavy (non-hydrogen) atoms. The summed E-state index contributed by atoms with van der Waals surface area (Å²) in [6, 6.07) is 10.4. The number of para-hydroxylation sites is 1. The van der Waals surface area contributed by atoms with Crippen molar-refractivity contribution in [2.75, 3.05) is 19.6 Å². The normalized spacial score (nSPS) is 14.3. The van der Waals surface area contributed by atoms with Crippen molar-refractivity contribution >= 4 is 16.9 Å². The number of aromatic amines is 1. The number of H-pyrrole nitrogens is 1. The third-order valence-corrected chi connectivity index (χ3v) is 4.71. The van der Waals surface area contributed by atoms with Crippen LogP contribution in [0.2, 0.25) is 0 Å². The minimum Gasteiger partial charge on any atom is -0.454 e. The zero-order chi connectivity index (χ0) is 17.2. The minimum absolute atomic E-state index is 0.129. The Morgan fingerprint density at radius 3 is 3.00 bits per heavy atom. The van der Waals surface area contributed by atoms with Gasteiger partial charge in [0.1, 0.15) is 11.3 Å². The van der Waals surface area contributed by atoms with Crippen molar-refractivity contribution in [1.29, 1.82) is 0 Å². The summed E-state index contributed by atoms with van der Waals surface area (Å²) in [7, 11) is 0. The molecule has 1 aliphatic carbocycles. The number of rotatable bonds is 7. The predicted octanol–water partition coefficient (Wildman–Crippen LogP) is 3.04. The Labute approximate surface area is 146 Å². The van der Waals surface area contributed by atoms with Crippen LogP contribution in [-0.4, -0.2) is 46.7 Å². The van der Waals surface area contributed by atoms with Crippen molar-refractivity contribution < 1.29 is 9.21 Å². The van der Waals surface area contributed by atoms with Gasteiger partial charge >= 0.3 is 0 Å². The monoisotopic (exact) mass is 338 g/mol. The van der Waals surface area contributed by atoms with E-state index in [9.17, 15) is 4.79 Å². The van der Waals surface area contributed by atoms with E-state index in [2.05, 4.69) is 27.3 Å². The number of aromatic nitrogens is 2. The zero-order valence-corrected chi connectivity index (χ0v) is 14.3. The summed E-state index contributed by atoms with van der Waals surface area (Å²) in [5.74, 6) is 0.494. The summed E-state index contributed by atoms with van der Waals surface area (Å²) in [4.78, 5) is 15.0. The second-order valence-corrected chi connectivity index (χ2v) is 6.42. The largest absolute Gasteiger partial charge is 0.454 e. The maximum atomic E-state index is 12.5. The molecule has 0 aliphatic heterocycles. The third kappa shape index (κ3) is 3.30. The van der Waals surface area contributed by atoms with Crippen molar-refractivity contribution in [3.8, 4) is 11.5 Å². The first kappa shape index (κ1) is 15.9. The number of carbonyl (C=O) groups is 1. The molecule has 1 aromatic carbocycles. The molecule has 6 nitrogen and oxygen atoms in total. The molecule has 130 valence electrons. The summed E-state index contributed by atoms with van der Waals surface area (Å²) in [5, 5.41) is 10.9. The van der Waals surface area contributed by atoms with E-state index < -0.39 is 0 Å². The number of hydrogen-bond acceptors (Lipinski definition) is 4. The van der Waals surface area contributed by atoms with Crippen molar-refractivity contribution in [3.05, 3.63) is 42.1 Å². The number of likely N-dealkylation sites (N-methyl/N-ethyl adjacent to an activating group) is 1. The average molecular weight is 338 g/mol. The molecule has 1 saturated carbocycles. The van der Waals surface area contributed by atoms with Crippen LogP contribution in [-0.2, 0) is 0 Å². The van der Waals surface area contributed by atoms with E-state index in [1.807, 2.05) is 30.3 Å². The SMILES string of the molecule is CCN(CCNC(=O)c1cn[nH]c1-c1cc2ccccc2o1)C1CC1. The summed E-state index contributed by atoms with van der Waals surface area (Å²) < 4.78 is 5.84. The van der Waals surface area contributed by atoms with Gasteiger partial charge in [-0.2, -0.15) is 5.10 Å². The second kappa shape index (κ2) is 6.72. The molecule has 1 amide bonds. The number of amides is 1. The molecule has 6 heteroatoms. The standard InChI is InChI=1S/C19H22N4O2/c1-2-23(14-7-8-14)10-9-20-19(24)15-12-21-22-18(15)17-11-13-5-3-4-6-16(13)25-17/h3-6,11-12,14H,2,7-10H2,1H3,(H,20,24)(H,21,22). The topological polar surface area (TPSA) is 74.2 Å². The summed E-state index contributed by atoms with van der Waals surface area (Å²) in [6.07, 6.45) is 4.11. The molecule has 4 rings (SSSR count). The van der Waals surface area contributed by atoms with Crippen molar-refractivity contribution in [3.63, 3.8) is 0 Å². The van der Waals surface area contributed by atoms with E-state index in [0.717, 1.165) is 24.1 Å². The Morgan fingerprint density at radius 1 is 1.40 bits per heavy atom. The highest BCUT2D eigenvalue weighted by atomic mass is 16.3. The van der Waals surface area contributed by atoms with Crippen LogP contribution in [0, 0.1) is 0 Å². The number of hydrogen-bond donors (Lipinski definition) is 2. The fourth-order valence-corrected chi connectivity index (χ4v) is 3.20. The van der Waals surface area contributed by atoms with Gasteiger partial charge in [0.2, 0.25) is 0 Å². The fraction of sp³-hybridized carbons (Fsp3) is 0.368. The fourth-order valence-electron chi connectivity index (χ4n) is 3.20. The van der Waals surface area contributed by atoms with E-state index >= 15 is 0 Å². The molecule has 0 radical (unpaired) electrons. The molecule has 0 unspecified atom stereocenters.